The number of carbonyl (C=O) groups is 1. The molecule has 2 rings (SSSR count). The molecule has 2 amide bonds. The number of urea groups is 1. The fourth-order valence-corrected chi connectivity index (χ4v) is 2.83. The summed E-state index contributed by atoms with van der Waals surface area (Å²) in [6, 6.07) is 5.63. The summed E-state index contributed by atoms with van der Waals surface area (Å²) in [7, 11) is 1.65. The molecular formula is C17H26N2O3. The Kier molecular flexibility index (Phi) is 6.07. The third-order valence-corrected chi connectivity index (χ3v) is 4.01. The molecule has 1 aliphatic heterocycles. The van der Waals surface area contributed by atoms with Crippen LogP contribution in [0.2, 0.25) is 0 Å². The Bertz CT molecular complexity index is 505. The fraction of sp³-hybridized carbons (Fsp3) is 0.588. The van der Waals surface area contributed by atoms with E-state index in [1.165, 1.54) is 0 Å². The topological polar surface area (TPSA) is 50.8 Å². The van der Waals surface area contributed by atoms with Gasteiger partial charge in [0.25, 0.3) is 0 Å². The van der Waals surface area contributed by atoms with E-state index >= 15 is 0 Å². The summed E-state index contributed by atoms with van der Waals surface area (Å²) in [5.41, 5.74) is 1.81. The second-order valence-corrected chi connectivity index (χ2v) is 5.73. The minimum atomic E-state index is -0.0363. The number of nitrogens with zero attached hydrogens (tertiary/aromatic N) is 1. The zero-order valence-electron chi connectivity index (χ0n) is 13.7. The molecule has 1 heterocycles. The number of nitrogens with one attached hydrogen (secondary N) is 1. The molecule has 1 N–H and O–H groups in total. The van der Waals surface area contributed by atoms with Crippen LogP contribution < -0.4 is 10.1 Å². The highest BCUT2D eigenvalue weighted by molar-refractivity contribution is 5.89. The van der Waals surface area contributed by atoms with Crippen LogP contribution in [0.3, 0.4) is 0 Å². The molecule has 1 aromatic carbocycles. The summed E-state index contributed by atoms with van der Waals surface area (Å²) in [6.45, 7) is 7.01. The van der Waals surface area contributed by atoms with Crippen molar-refractivity contribution in [2.24, 2.45) is 5.92 Å². The summed E-state index contributed by atoms with van der Waals surface area (Å²) in [5, 5.41) is 2.97. The quantitative estimate of drug-likeness (QED) is 0.908. The Balaban J connectivity index is 1.92. The minimum absolute atomic E-state index is 0.0363. The lowest BCUT2D eigenvalue weighted by Crippen LogP contribution is -2.43. The number of rotatable bonds is 5. The van der Waals surface area contributed by atoms with Crippen molar-refractivity contribution in [2.75, 3.05) is 38.7 Å². The first-order chi connectivity index (χ1) is 10.6. The van der Waals surface area contributed by atoms with Crippen LogP contribution in [-0.4, -0.2) is 44.3 Å². The molecule has 1 aromatic rings. The van der Waals surface area contributed by atoms with Gasteiger partial charge < -0.3 is 19.7 Å². The monoisotopic (exact) mass is 306 g/mol. The molecule has 1 saturated heterocycles. The van der Waals surface area contributed by atoms with Crippen LogP contribution in [0, 0.1) is 12.8 Å². The van der Waals surface area contributed by atoms with Crippen molar-refractivity contribution in [3.05, 3.63) is 23.8 Å². The standard InChI is InChI=1S/C17H26N2O3/c1-4-22-12-14-6-5-9-19(11-14)17(20)18-15-7-8-16(21-3)13(2)10-15/h7-8,10,14H,4-6,9,11-12H2,1-3H3,(H,18,20)/t14-/m1/s1. The molecule has 1 fully saturated rings. The van der Waals surface area contributed by atoms with Gasteiger partial charge >= 0.3 is 6.03 Å². The number of likely N-dealkylation sites (tertiary alicyclic amines) is 1. The first kappa shape index (κ1) is 16.6. The molecule has 5 heteroatoms. The first-order valence-corrected chi connectivity index (χ1v) is 7.92. The van der Waals surface area contributed by atoms with Crippen molar-refractivity contribution in [1.82, 2.24) is 4.90 Å². The summed E-state index contributed by atoms with van der Waals surface area (Å²) < 4.78 is 10.7. The normalized spacial score (nSPS) is 18.1. The highest BCUT2D eigenvalue weighted by Gasteiger charge is 2.23. The molecule has 0 aliphatic carbocycles. The second kappa shape index (κ2) is 8.03. The lowest BCUT2D eigenvalue weighted by atomic mass is 9.99. The highest BCUT2D eigenvalue weighted by Crippen LogP contribution is 2.22. The maximum Gasteiger partial charge on any atom is 0.321 e. The van der Waals surface area contributed by atoms with Crippen molar-refractivity contribution in [3.63, 3.8) is 0 Å². The van der Waals surface area contributed by atoms with E-state index in [-0.39, 0.29) is 6.03 Å². The van der Waals surface area contributed by atoms with Crippen molar-refractivity contribution in [2.45, 2.75) is 26.7 Å². The van der Waals surface area contributed by atoms with Crippen LogP contribution in [0.5, 0.6) is 5.75 Å². The first-order valence-electron chi connectivity index (χ1n) is 7.92. The van der Waals surface area contributed by atoms with Gasteiger partial charge in [0.05, 0.1) is 13.7 Å². The molecule has 0 radical (unpaired) electrons. The van der Waals surface area contributed by atoms with Gasteiger partial charge in [-0.15, -0.1) is 0 Å². The average Bonchev–Trinajstić information content (AvgIpc) is 2.53. The van der Waals surface area contributed by atoms with E-state index in [1.54, 1.807) is 7.11 Å². The summed E-state index contributed by atoms with van der Waals surface area (Å²) in [5.74, 6) is 1.27. The van der Waals surface area contributed by atoms with Gasteiger partial charge in [0, 0.05) is 31.3 Å². The zero-order chi connectivity index (χ0) is 15.9. The van der Waals surface area contributed by atoms with Gasteiger partial charge in [0.2, 0.25) is 0 Å². The van der Waals surface area contributed by atoms with Gasteiger partial charge in [0.15, 0.2) is 0 Å². The molecule has 5 nitrogen and oxygen atoms in total. The molecule has 0 bridgehead atoms. The average molecular weight is 306 g/mol. The number of anilines is 1. The largest absolute Gasteiger partial charge is 0.496 e. The van der Waals surface area contributed by atoms with Gasteiger partial charge in [-0.1, -0.05) is 0 Å². The van der Waals surface area contributed by atoms with Gasteiger partial charge in [-0.3, -0.25) is 0 Å². The molecule has 0 aromatic heterocycles. The van der Waals surface area contributed by atoms with E-state index in [9.17, 15) is 4.79 Å². The molecule has 0 unspecified atom stereocenters. The Morgan fingerprint density at radius 1 is 1.45 bits per heavy atom. The van der Waals surface area contributed by atoms with Gasteiger partial charge in [0.1, 0.15) is 5.75 Å². The van der Waals surface area contributed by atoms with Crippen molar-refractivity contribution < 1.29 is 14.3 Å². The molecule has 1 atom stereocenters. The number of methoxy groups -OCH3 is 1. The van der Waals surface area contributed by atoms with Crippen LogP contribution >= 0.6 is 0 Å². The Morgan fingerprint density at radius 3 is 2.95 bits per heavy atom. The minimum Gasteiger partial charge on any atom is -0.496 e. The van der Waals surface area contributed by atoms with Gasteiger partial charge in [-0.25, -0.2) is 4.79 Å². The predicted molar refractivity (Wildman–Crippen MR) is 87.5 cm³/mol. The van der Waals surface area contributed by atoms with Crippen LogP contribution in [0.25, 0.3) is 0 Å². The van der Waals surface area contributed by atoms with E-state index in [0.717, 1.165) is 56.1 Å². The maximum absolute atomic E-state index is 12.4. The van der Waals surface area contributed by atoms with E-state index < -0.39 is 0 Å². The molecule has 1 aliphatic rings. The third kappa shape index (κ3) is 4.37. The van der Waals surface area contributed by atoms with Crippen molar-refractivity contribution in [1.29, 1.82) is 0 Å². The van der Waals surface area contributed by atoms with Gasteiger partial charge in [-0.05, 0) is 50.5 Å². The molecule has 0 saturated carbocycles. The molecule has 0 spiro atoms. The fourth-order valence-electron chi connectivity index (χ4n) is 2.83. The van der Waals surface area contributed by atoms with E-state index in [4.69, 9.17) is 9.47 Å². The SMILES string of the molecule is CCOC[C@@H]1CCCN(C(=O)Nc2ccc(OC)c(C)c2)C1. The van der Waals surface area contributed by atoms with E-state index in [0.29, 0.717) is 5.92 Å². The Hall–Kier alpha value is -1.75. The maximum atomic E-state index is 12.4. The van der Waals surface area contributed by atoms with Crippen LogP contribution in [0.15, 0.2) is 18.2 Å². The van der Waals surface area contributed by atoms with Gasteiger partial charge in [-0.2, -0.15) is 0 Å². The predicted octanol–water partition coefficient (Wildman–Crippen LogP) is 3.28. The zero-order valence-corrected chi connectivity index (χ0v) is 13.7. The number of aryl methyl sites for hydroxylation is 1. The summed E-state index contributed by atoms with van der Waals surface area (Å²) in [6.07, 6.45) is 2.16. The summed E-state index contributed by atoms with van der Waals surface area (Å²) in [4.78, 5) is 14.3. The highest BCUT2D eigenvalue weighted by atomic mass is 16.5. The van der Waals surface area contributed by atoms with Crippen LogP contribution in [0.4, 0.5) is 10.5 Å². The van der Waals surface area contributed by atoms with Crippen LogP contribution in [-0.2, 0) is 4.74 Å². The Labute approximate surface area is 132 Å². The third-order valence-electron chi connectivity index (χ3n) is 4.01. The number of ether oxygens (including phenoxy) is 2. The molecule has 22 heavy (non-hydrogen) atoms. The van der Waals surface area contributed by atoms with E-state index in [2.05, 4.69) is 5.32 Å². The number of hydrogen-bond donors (Lipinski definition) is 1. The second-order valence-electron chi connectivity index (χ2n) is 5.73. The van der Waals surface area contributed by atoms with E-state index in [1.807, 2.05) is 36.9 Å². The summed E-state index contributed by atoms with van der Waals surface area (Å²) >= 11 is 0. The molecule has 122 valence electrons. The number of benzene rings is 1. The van der Waals surface area contributed by atoms with Crippen molar-refractivity contribution >= 4 is 11.7 Å². The Morgan fingerprint density at radius 2 is 2.27 bits per heavy atom. The number of piperidine rings is 1. The number of carbonyl (C=O) groups excluding carboxylic acids is 1. The van der Waals surface area contributed by atoms with Crippen LogP contribution in [0.1, 0.15) is 25.3 Å². The lowest BCUT2D eigenvalue weighted by molar-refractivity contribution is 0.0777. The van der Waals surface area contributed by atoms with Crippen molar-refractivity contribution in [3.8, 4) is 5.75 Å². The molecular weight excluding hydrogens is 280 g/mol. The smallest absolute Gasteiger partial charge is 0.321 e. The lowest BCUT2D eigenvalue weighted by Gasteiger charge is -2.32. The number of hydrogen-bond acceptors (Lipinski definition) is 3. The number of amides is 2.